The van der Waals surface area contributed by atoms with Crippen LogP contribution in [0.5, 0.6) is 0 Å². The minimum Gasteiger partial charge on any atom is -0.480 e. The molecular formula is C14H19NO2. The number of rotatable bonds is 3. The molecule has 1 N–H and O–H groups in total. The van der Waals surface area contributed by atoms with Gasteiger partial charge in [-0.15, -0.1) is 0 Å². The van der Waals surface area contributed by atoms with Crippen molar-refractivity contribution in [3.63, 3.8) is 0 Å². The Morgan fingerprint density at radius 3 is 2.41 bits per heavy atom. The van der Waals surface area contributed by atoms with E-state index < -0.39 is 11.5 Å². The number of carbonyl (C=O) groups is 1. The molecule has 92 valence electrons. The van der Waals surface area contributed by atoms with E-state index in [-0.39, 0.29) is 0 Å². The van der Waals surface area contributed by atoms with Gasteiger partial charge >= 0.3 is 5.97 Å². The summed E-state index contributed by atoms with van der Waals surface area (Å²) in [6.45, 7) is 5.55. The number of nitrogens with zero attached hydrogens (tertiary/aromatic N) is 1. The van der Waals surface area contributed by atoms with Gasteiger partial charge in [0.1, 0.15) is 5.54 Å². The number of aliphatic carboxylic acids is 1. The summed E-state index contributed by atoms with van der Waals surface area (Å²) < 4.78 is 0. The standard InChI is InChI=1S/C14H19NO2/c1-11-7-3-4-8-12(11)14(2,13(16)17)15-9-5-6-10-15/h3-4,7-8H,5-6,9-10H2,1-2H3,(H,16,17)/t14-/m0/s1. The minimum atomic E-state index is -0.887. The van der Waals surface area contributed by atoms with Crippen LogP contribution < -0.4 is 0 Å². The zero-order chi connectivity index (χ0) is 12.5. The van der Waals surface area contributed by atoms with Crippen molar-refractivity contribution in [1.29, 1.82) is 0 Å². The molecule has 1 aliphatic heterocycles. The Kier molecular flexibility index (Phi) is 3.20. The smallest absolute Gasteiger partial charge is 0.328 e. The van der Waals surface area contributed by atoms with E-state index in [1.165, 1.54) is 0 Å². The van der Waals surface area contributed by atoms with E-state index in [1.807, 2.05) is 38.1 Å². The molecule has 0 aliphatic carbocycles. The van der Waals surface area contributed by atoms with Crippen molar-refractivity contribution in [3.05, 3.63) is 35.4 Å². The summed E-state index contributed by atoms with van der Waals surface area (Å²) >= 11 is 0. The minimum absolute atomic E-state index is 0.756. The Morgan fingerprint density at radius 2 is 1.88 bits per heavy atom. The Morgan fingerprint density at radius 1 is 1.29 bits per heavy atom. The van der Waals surface area contributed by atoms with E-state index in [0.717, 1.165) is 37.1 Å². The van der Waals surface area contributed by atoms with Crippen LogP contribution >= 0.6 is 0 Å². The monoisotopic (exact) mass is 233 g/mol. The Balaban J connectivity index is 2.47. The molecule has 1 fully saturated rings. The van der Waals surface area contributed by atoms with Gasteiger partial charge in [0.15, 0.2) is 0 Å². The zero-order valence-electron chi connectivity index (χ0n) is 10.4. The van der Waals surface area contributed by atoms with Crippen LogP contribution in [-0.2, 0) is 10.3 Å². The van der Waals surface area contributed by atoms with Gasteiger partial charge in [0, 0.05) is 0 Å². The normalized spacial score (nSPS) is 20.1. The van der Waals surface area contributed by atoms with E-state index in [4.69, 9.17) is 0 Å². The third-order valence-corrected chi connectivity index (χ3v) is 3.82. The number of hydrogen-bond donors (Lipinski definition) is 1. The Hall–Kier alpha value is -1.35. The molecule has 0 bridgehead atoms. The number of benzene rings is 1. The first-order valence-corrected chi connectivity index (χ1v) is 6.11. The fourth-order valence-electron chi connectivity index (χ4n) is 2.70. The molecule has 1 saturated heterocycles. The molecule has 17 heavy (non-hydrogen) atoms. The van der Waals surface area contributed by atoms with E-state index in [0.29, 0.717) is 0 Å². The summed E-state index contributed by atoms with van der Waals surface area (Å²) in [6, 6.07) is 7.78. The van der Waals surface area contributed by atoms with Crippen molar-refractivity contribution in [2.45, 2.75) is 32.2 Å². The highest BCUT2D eigenvalue weighted by molar-refractivity contribution is 5.80. The second-order valence-corrected chi connectivity index (χ2v) is 4.89. The number of aryl methyl sites for hydroxylation is 1. The third-order valence-electron chi connectivity index (χ3n) is 3.82. The van der Waals surface area contributed by atoms with Gasteiger partial charge in [-0.1, -0.05) is 24.3 Å². The van der Waals surface area contributed by atoms with Crippen molar-refractivity contribution in [2.24, 2.45) is 0 Å². The van der Waals surface area contributed by atoms with Crippen LogP contribution in [-0.4, -0.2) is 29.1 Å². The first-order chi connectivity index (χ1) is 8.06. The van der Waals surface area contributed by atoms with Crippen LogP contribution in [0.15, 0.2) is 24.3 Å². The predicted molar refractivity (Wildman–Crippen MR) is 67.0 cm³/mol. The maximum Gasteiger partial charge on any atom is 0.328 e. The molecule has 0 amide bonds. The van der Waals surface area contributed by atoms with Crippen LogP contribution in [0.4, 0.5) is 0 Å². The van der Waals surface area contributed by atoms with Crippen LogP contribution in [0.3, 0.4) is 0 Å². The molecule has 1 aromatic carbocycles. The Bertz CT molecular complexity index is 424. The predicted octanol–water partition coefficient (Wildman–Crippen LogP) is 2.39. The van der Waals surface area contributed by atoms with Crippen molar-refractivity contribution in [3.8, 4) is 0 Å². The van der Waals surface area contributed by atoms with Gasteiger partial charge in [-0.3, -0.25) is 4.90 Å². The summed E-state index contributed by atoms with van der Waals surface area (Å²) in [6.07, 6.45) is 2.18. The van der Waals surface area contributed by atoms with Gasteiger partial charge in [0.2, 0.25) is 0 Å². The molecule has 1 heterocycles. The molecule has 3 nitrogen and oxygen atoms in total. The van der Waals surface area contributed by atoms with Gasteiger partial charge in [0.05, 0.1) is 0 Å². The highest BCUT2D eigenvalue weighted by Crippen LogP contribution is 2.33. The molecule has 1 aromatic rings. The second-order valence-electron chi connectivity index (χ2n) is 4.89. The van der Waals surface area contributed by atoms with E-state index in [2.05, 4.69) is 4.90 Å². The van der Waals surface area contributed by atoms with E-state index >= 15 is 0 Å². The lowest BCUT2D eigenvalue weighted by Crippen LogP contribution is -2.48. The number of hydrogen-bond acceptors (Lipinski definition) is 2. The average Bonchev–Trinajstić information content (AvgIpc) is 2.82. The number of carboxylic acids is 1. The molecule has 1 aliphatic rings. The fourth-order valence-corrected chi connectivity index (χ4v) is 2.70. The molecule has 1 atom stereocenters. The molecule has 3 heteroatoms. The van der Waals surface area contributed by atoms with Gasteiger partial charge in [0.25, 0.3) is 0 Å². The van der Waals surface area contributed by atoms with Crippen LogP contribution in [0, 0.1) is 6.92 Å². The molecule has 0 saturated carbocycles. The highest BCUT2D eigenvalue weighted by atomic mass is 16.4. The van der Waals surface area contributed by atoms with Crippen molar-refractivity contribution in [1.82, 2.24) is 4.90 Å². The largest absolute Gasteiger partial charge is 0.480 e. The Labute approximate surface area is 102 Å². The molecule has 0 spiro atoms. The lowest BCUT2D eigenvalue weighted by molar-refractivity contribution is -0.150. The highest BCUT2D eigenvalue weighted by Gasteiger charge is 2.43. The maximum atomic E-state index is 11.7. The first kappa shape index (κ1) is 12.1. The zero-order valence-corrected chi connectivity index (χ0v) is 10.4. The second kappa shape index (κ2) is 4.49. The van der Waals surface area contributed by atoms with Crippen molar-refractivity contribution < 1.29 is 9.90 Å². The summed E-state index contributed by atoms with van der Waals surface area (Å²) in [4.78, 5) is 13.8. The summed E-state index contributed by atoms with van der Waals surface area (Å²) in [7, 11) is 0. The number of likely N-dealkylation sites (tertiary alicyclic amines) is 1. The van der Waals surface area contributed by atoms with Crippen LogP contribution in [0.25, 0.3) is 0 Å². The summed E-state index contributed by atoms with van der Waals surface area (Å²) in [5.41, 5.74) is 1.07. The molecular weight excluding hydrogens is 214 g/mol. The molecule has 0 radical (unpaired) electrons. The van der Waals surface area contributed by atoms with Crippen molar-refractivity contribution >= 4 is 5.97 Å². The molecule has 2 rings (SSSR count). The third kappa shape index (κ3) is 1.95. The van der Waals surface area contributed by atoms with Crippen LogP contribution in [0.1, 0.15) is 30.9 Å². The van der Waals surface area contributed by atoms with Gasteiger partial charge in [-0.05, 0) is 50.9 Å². The van der Waals surface area contributed by atoms with Gasteiger partial charge < -0.3 is 5.11 Å². The molecule has 0 aromatic heterocycles. The first-order valence-electron chi connectivity index (χ1n) is 6.11. The lowest BCUT2D eigenvalue weighted by Gasteiger charge is -2.36. The lowest BCUT2D eigenvalue weighted by atomic mass is 9.87. The summed E-state index contributed by atoms with van der Waals surface area (Å²) in [5, 5.41) is 9.63. The fraction of sp³-hybridized carbons (Fsp3) is 0.500. The summed E-state index contributed by atoms with van der Waals surface area (Å²) in [5.74, 6) is -0.756. The van der Waals surface area contributed by atoms with E-state index in [1.54, 1.807) is 0 Å². The van der Waals surface area contributed by atoms with Crippen molar-refractivity contribution in [2.75, 3.05) is 13.1 Å². The van der Waals surface area contributed by atoms with Gasteiger partial charge in [-0.25, -0.2) is 4.79 Å². The topological polar surface area (TPSA) is 40.5 Å². The quantitative estimate of drug-likeness (QED) is 0.871. The van der Waals surface area contributed by atoms with Gasteiger partial charge in [-0.2, -0.15) is 0 Å². The maximum absolute atomic E-state index is 11.7. The number of carboxylic acid groups (broad SMARTS) is 1. The SMILES string of the molecule is Cc1ccccc1[C@@](C)(C(=O)O)N1CCCC1. The average molecular weight is 233 g/mol. The molecule has 0 unspecified atom stereocenters. The van der Waals surface area contributed by atoms with Crippen LogP contribution in [0.2, 0.25) is 0 Å². The van der Waals surface area contributed by atoms with E-state index in [9.17, 15) is 9.90 Å².